The molecule has 2 aliphatic heterocycles. The van der Waals surface area contributed by atoms with Crippen molar-refractivity contribution in [2.45, 2.75) is 31.2 Å². The zero-order chi connectivity index (χ0) is 19.7. The van der Waals surface area contributed by atoms with Crippen molar-refractivity contribution in [1.29, 1.82) is 0 Å². The van der Waals surface area contributed by atoms with Gasteiger partial charge in [-0.3, -0.25) is 9.69 Å². The molecule has 2 aromatic carbocycles. The molecule has 2 saturated heterocycles. The first-order chi connectivity index (χ1) is 13.4. The highest BCUT2D eigenvalue weighted by Crippen LogP contribution is 2.29. The molecule has 0 unspecified atom stereocenters. The van der Waals surface area contributed by atoms with Crippen LogP contribution in [0.1, 0.15) is 27.9 Å². The number of aryl methyl sites for hydroxylation is 1. The topological polar surface area (TPSA) is 57.7 Å². The minimum atomic E-state index is -3.20. The molecule has 148 valence electrons. The summed E-state index contributed by atoms with van der Waals surface area (Å²) in [6, 6.07) is 17.4. The number of amides is 1. The van der Waals surface area contributed by atoms with Crippen LogP contribution in [0.25, 0.3) is 0 Å². The molecule has 0 spiro atoms. The maximum Gasteiger partial charge on any atom is 0.254 e. The first-order valence-corrected chi connectivity index (χ1v) is 11.5. The van der Waals surface area contributed by atoms with Crippen LogP contribution in [0, 0.1) is 6.92 Å². The second kappa shape index (κ2) is 7.68. The quantitative estimate of drug-likeness (QED) is 0.797. The molecule has 2 atom stereocenters. The minimum absolute atomic E-state index is 0.0465. The minimum Gasteiger partial charge on any atom is -0.333 e. The Bertz CT molecular complexity index is 959. The third-order valence-electron chi connectivity index (χ3n) is 5.86. The Morgan fingerprint density at radius 2 is 1.86 bits per heavy atom. The van der Waals surface area contributed by atoms with Crippen molar-refractivity contribution in [1.82, 2.24) is 9.80 Å². The molecule has 0 aromatic heterocycles. The van der Waals surface area contributed by atoms with Crippen molar-refractivity contribution in [3.8, 4) is 0 Å². The fourth-order valence-corrected chi connectivity index (χ4v) is 6.36. The molecule has 0 radical (unpaired) electrons. The molecule has 1 amide bonds. The van der Waals surface area contributed by atoms with Gasteiger partial charge in [0.1, 0.15) is 0 Å². The highest BCUT2D eigenvalue weighted by molar-refractivity contribution is 7.92. The number of carbonyl (C=O) groups excluding carboxylic acids is 1. The van der Waals surface area contributed by atoms with Crippen LogP contribution in [0.5, 0.6) is 0 Å². The molecule has 2 heterocycles. The second-order valence-corrected chi connectivity index (χ2v) is 10.2. The number of piperidine rings is 1. The van der Waals surface area contributed by atoms with Crippen molar-refractivity contribution in [2.24, 2.45) is 0 Å². The van der Waals surface area contributed by atoms with E-state index in [2.05, 4.69) is 17.0 Å². The van der Waals surface area contributed by atoms with Gasteiger partial charge in [-0.1, -0.05) is 48.0 Å². The number of fused-ring (bicyclic) bond motifs is 1. The van der Waals surface area contributed by atoms with Crippen LogP contribution in [0.3, 0.4) is 0 Å². The second-order valence-electron chi connectivity index (χ2n) is 7.85. The van der Waals surface area contributed by atoms with Gasteiger partial charge in [-0.25, -0.2) is 8.42 Å². The van der Waals surface area contributed by atoms with Crippen LogP contribution in [0.15, 0.2) is 54.6 Å². The number of likely N-dealkylation sites (tertiary alicyclic amines) is 1. The van der Waals surface area contributed by atoms with Gasteiger partial charge in [0.25, 0.3) is 5.91 Å². The van der Waals surface area contributed by atoms with Crippen molar-refractivity contribution >= 4 is 15.7 Å². The Labute approximate surface area is 166 Å². The maximum absolute atomic E-state index is 13.1. The Balaban J connectivity index is 1.54. The third-order valence-corrected chi connectivity index (χ3v) is 8.00. The Kier molecular flexibility index (Phi) is 5.25. The van der Waals surface area contributed by atoms with Gasteiger partial charge in [0.2, 0.25) is 0 Å². The van der Waals surface area contributed by atoms with E-state index in [0.29, 0.717) is 18.5 Å². The van der Waals surface area contributed by atoms with Gasteiger partial charge < -0.3 is 4.90 Å². The van der Waals surface area contributed by atoms with Gasteiger partial charge in [0.05, 0.1) is 17.0 Å². The first kappa shape index (κ1) is 19.2. The Morgan fingerprint density at radius 3 is 2.61 bits per heavy atom. The monoisotopic (exact) mass is 398 g/mol. The summed E-state index contributed by atoms with van der Waals surface area (Å²) in [5.74, 6) is -0.00430. The van der Waals surface area contributed by atoms with E-state index in [1.54, 1.807) is 4.90 Å². The van der Waals surface area contributed by atoms with E-state index >= 15 is 0 Å². The molecule has 6 heteroatoms. The van der Waals surface area contributed by atoms with E-state index in [9.17, 15) is 13.2 Å². The lowest BCUT2D eigenvalue weighted by Gasteiger charge is -2.46. The van der Waals surface area contributed by atoms with Crippen LogP contribution in [0.2, 0.25) is 0 Å². The van der Waals surface area contributed by atoms with E-state index in [1.165, 1.54) is 5.56 Å². The lowest BCUT2D eigenvalue weighted by Crippen LogP contribution is -2.63. The molecule has 0 saturated carbocycles. The summed E-state index contributed by atoms with van der Waals surface area (Å²) in [6.07, 6.45) is 0.689. The Morgan fingerprint density at radius 1 is 1.07 bits per heavy atom. The summed E-state index contributed by atoms with van der Waals surface area (Å²) in [7, 11) is -3.20. The molecule has 2 fully saturated rings. The number of nitrogens with zero attached hydrogens (tertiary/aromatic N) is 2. The smallest absolute Gasteiger partial charge is 0.254 e. The Hall–Kier alpha value is -2.18. The van der Waals surface area contributed by atoms with Gasteiger partial charge in [0, 0.05) is 31.7 Å². The number of sulfone groups is 1. The number of rotatable bonds is 3. The zero-order valence-electron chi connectivity index (χ0n) is 16.1. The molecule has 0 bridgehead atoms. The van der Waals surface area contributed by atoms with Gasteiger partial charge >= 0.3 is 0 Å². The van der Waals surface area contributed by atoms with Crippen LogP contribution in [-0.2, 0) is 16.4 Å². The fourth-order valence-electron chi connectivity index (χ4n) is 4.40. The van der Waals surface area contributed by atoms with Gasteiger partial charge in [-0.2, -0.15) is 0 Å². The molecule has 2 aromatic rings. The maximum atomic E-state index is 13.1. The normalized spacial score (nSPS) is 24.5. The summed E-state index contributed by atoms with van der Waals surface area (Å²) in [5, 5.41) is -0.507. The molecular weight excluding hydrogens is 372 g/mol. The van der Waals surface area contributed by atoms with E-state index in [-0.39, 0.29) is 24.2 Å². The average Bonchev–Trinajstić information content (AvgIpc) is 2.69. The first-order valence-electron chi connectivity index (χ1n) is 9.79. The fraction of sp³-hybridized carbons (Fsp3) is 0.409. The van der Waals surface area contributed by atoms with Crippen LogP contribution in [0.4, 0.5) is 0 Å². The molecule has 5 nitrogen and oxygen atoms in total. The van der Waals surface area contributed by atoms with E-state index < -0.39 is 15.1 Å². The van der Waals surface area contributed by atoms with Crippen LogP contribution < -0.4 is 0 Å². The molecule has 28 heavy (non-hydrogen) atoms. The average molecular weight is 399 g/mol. The summed E-state index contributed by atoms with van der Waals surface area (Å²) < 4.78 is 25.6. The number of carbonyl (C=O) groups is 1. The number of hydrogen-bond acceptors (Lipinski definition) is 4. The summed E-state index contributed by atoms with van der Waals surface area (Å²) in [6.45, 7) is 4.27. The summed E-state index contributed by atoms with van der Waals surface area (Å²) >= 11 is 0. The molecule has 0 aliphatic carbocycles. The van der Waals surface area contributed by atoms with Crippen molar-refractivity contribution < 1.29 is 13.2 Å². The molecular formula is C22H26N2O3S. The lowest BCUT2D eigenvalue weighted by atomic mass is 10.00. The predicted octanol–water partition coefficient (Wildman–Crippen LogP) is 2.51. The van der Waals surface area contributed by atoms with Crippen molar-refractivity contribution in [2.75, 3.05) is 25.4 Å². The van der Waals surface area contributed by atoms with E-state index in [0.717, 1.165) is 18.7 Å². The standard InChI is InChI=1S/C22H26N2O3S/c1-17-6-5-9-19(14-17)22(25)24-12-13-28(26,27)21-16-23(11-10-20(21)24)15-18-7-3-2-4-8-18/h2-9,14,20-21H,10-13,15-16H2,1H3/t20-,21-/m1/s1. The summed E-state index contributed by atoms with van der Waals surface area (Å²) in [5.41, 5.74) is 2.86. The highest BCUT2D eigenvalue weighted by Gasteiger charge is 2.46. The van der Waals surface area contributed by atoms with Crippen LogP contribution in [-0.4, -0.2) is 60.8 Å². The third kappa shape index (κ3) is 3.84. The number of benzene rings is 2. The van der Waals surface area contributed by atoms with Gasteiger partial charge in [0.15, 0.2) is 9.84 Å². The lowest BCUT2D eigenvalue weighted by molar-refractivity contribution is 0.0568. The largest absolute Gasteiger partial charge is 0.333 e. The van der Waals surface area contributed by atoms with E-state index in [1.807, 2.05) is 49.4 Å². The SMILES string of the molecule is Cc1cccc(C(=O)N2CCS(=O)(=O)[C@@H]3CN(Cc4ccccc4)CC[C@H]32)c1. The molecule has 4 rings (SSSR count). The van der Waals surface area contributed by atoms with Gasteiger partial charge in [-0.05, 0) is 31.0 Å². The van der Waals surface area contributed by atoms with Gasteiger partial charge in [-0.15, -0.1) is 0 Å². The summed E-state index contributed by atoms with van der Waals surface area (Å²) in [4.78, 5) is 17.1. The van der Waals surface area contributed by atoms with Crippen molar-refractivity contribution in [3.63, 3.8) is 0 Å². The zero-order valence-corrected chi connectivity index (χ0v) is 16.9. The van der Waals surface area contributed by atoms with E-state index in [4.69, 9.17) is 0 Å². The molecule has 2 aliphatic rings. The van der Waals surface area contributed by atoms with Crippen molar-refractivity contribution in [3.05, 3.63) is 71.3 Å². The number of hydrogen-bond donors (Lipinski definition) is 0. The predicted molar refractivity (Wildman–Crippen MR) is 110 cm³/mol. The van der Waals surface area contributed by atoms with Crippen LogP contribution >= 0.6 is 0 Å². The highest BCUT2D eigenvalue weighted by atomic mass is 32.2. The molecule has 0 N–H and O–H groups in total.